The first-order chi connectivity index (χ1) is 7.94. The van der Waals surface area contributed by atoms with Crippen LogP contribution < -0.4 is 0 Å². The largest absolute Gasteiger partial charge is 0.490 e. The molecule has 0 unspecified atom stereocenters. The van der Waals surface area contributed by atoms with Crippen LogP contribution in [0.15, 0.2) is 0 Å². The van der Waals surface area contributed by atoms with Crippen molar-refractivity contribution in [3.05, 3.63) is 0 Å². The molecule has 0 saturated carbocycles. The Morgan fingerprint density at radius 2 is 1.39 bits per heavy atom. The number of nitrogens with zero attached hydrogens (tertiary/aromatic N) is 1. The molecule has 1 aliphatic rings. The molecule has 108 valence electrons. The van der Waals surface area contributed by atoms with E-state index in [2.05, 4.69) is 0 Å². The Bertz CT molecular complexity index is 269. The quantitative estimate of drug-likeness (QED) is 0.670. The summed E-state index contributed by atoms with van der Waals surface area (Å²) < 4.78 is 67.6. The average molecular weight is 283 g/mol. The first kappa shape index (κ1) is 17.0. The molecule has 0 radical (unpaired) electrons. The molecular formula is C8H11F6NO3. The van der Waals surface area contributed by atoms with Gasteiger partial charge >= 0.3 is 18.3 Å². The number of hydrogen-bond donors (Lipinski definition) is 2. The van der Waals surface area contributed by atoms with Crippen molar-refractivity contribution in [1.29, 1.82) is 0 Å². The molecule has 0 aliphatic carbocycles. The Hall–Kier alpha value is -1.03. The van der Waals surface area contributed by atoms with E-state index in [0.29, 0.717) is 0 Å². The maximum atomic E-state index is 12.0. The van der Waals surface area contributed by atoms with Crippen LogP contribution in [0, 0.1) is 5.92 Å². The van der Waals surface area contributed by atoms with Gasteiger partial charge in [-0.1, -0.05) is 0 Å². The van der Waals surface area contributed by atoms with E-state index < -0.39 is 24.2 Å². The molecule has 0 amide bonds. The third kappa shape index (κ3) is 6.64. The summed E-state index contributed by atoms with van der Waals surface area (Å²) in [4.78, 5) is 8.90. The van der Waals surface area contributed by atoms with Crippen LogP contribution in [0.1, 0.15) is 12.8 Å². The number of alkyl halides is 6. The highest BCUT2D eigenvalue weighted by molar-refractivity contribution is 5.73. The van der Waals surface area contributed by atoms with Gasteiger partial charge in [-0.2, -0.15) is 31.4 Å². The number of carboxylic acid groups (broad SMARTS) is 1. The summed E-state index contributed by atoms with van der Waals surface area (Å²) in [6.07, 6.45) is -9.14. The minimum atomic E-state index is -5.08. The van der Waals surface area contributed by atoms with Gasteiger partial charge in [-0.15, -0.1) is 0 Å². The zero-order chi connectivity index (χ0) is 14.6. The second-order valence-corrected chi connectivity index (χ2v) is 3.57. The van der Waals surface area contributed by atoms with Gasteiger partial charge < -0.3 is 10.3 Å². The smallest absolute Gasteiger partial charge is 0.475 e. The average Bonchev–Trinajstić information content (AvgIpc) is 2.16. The van der Waals surface area contributed by atoms with Crippen molar-refractivity contribution in [1.82, 2.24) is 5.06 Å². The highest BCUT2D eigenvalue weighted by atomic mass is 19.4. The molecule has 4 nitrogen and oxygen atoms in total. The molecular weight excluding hydrogens is 272 g/mol. The number of halogens is 6. The Morgan fingerprint density at radius 1 is 1.06 bits per heavy atom. The molecule has 10 heteroatoms. The van der Waals surface area contributed by atoms with Gasteiger partial charge in [0.15, 0.2) is 0 Å². The van der Waals surface area contributed by atoms with Crippen molar-refractivity contribution in [3.8, 4) is 0 Å². The van der Waals surface area contributed by atoms with E-state index in [1.54, 1.807) is 0 Å². The van der Waals surface area contributed by atoms with Crippen molar-refractivity contribution in [2.45, 2.75) is 25.2 Å². The van der Waals surface area contributed by atoms with Gasteiger partial charge in [0.05, 0.1) is 5.92 Å². The lowest BCUT2D eigenvalue weighted by atomic mass is 9.98. The van der Waals surface area contributed by atoms with Crippen molar-refractivity contribution in [2.24, 2.45) is 5.92 Å². The van der Waals surface area contributed by atoms with Crippen LogP contribution >= 0.6 is 0 Å². The molecule has 18 heavy (non-hydrogen) atoms. The molecule has 1 aliphatic heterocycles. The Morgan fingerprint density at radius 3 is 1.61 bits per heavy atom. The predicted octanol–water partition coefficient (Wildman–Crippen LogP) is 2.28. The lowest BCUT2D eigenvalue weighted by molar-refractivity contribution is -0.205. The monoisotopic (exact) mass is 283 g/mol. The van der Waals surface area contributed by atoms with Gasteiger partial charge in [-0.25, -0.2) is 4.79 Å². The molecule has 1 fully saturated rings. The molecule has 0 atom stereocenters. The first-order valence-corrected chi connectivity index (χ1v) is 4.75. The van der Waals surface area contributed by atoms with Gasteiger partial charge in [0.2, 0.25) is 0 Å². The molecule has 1 rings (SSSR count). The van der Waals surface area contributed by atoms with E-state index >= 15 is 0 Å². The number of hydroxylamine groups is 2. The minimum absolute atomic E-state index is 0.0139. The maximum Gasteiger partial charge on any atom is 0.490 e. The summed E-state index contributed by atoms with van der Waals surface area (Å²) in [5.74, 6) is -3.97. The molecule has 0 aromatic heterocycles. The predicted molar refractivity (Wildman–Crippen MR) is 45.8 cm³/mol. The summed E-state index contributed by atoms with van der Waals surface area (Å²) in [6.45, 7) is 0.258. The third-order valence-electron chi connectivity index (χ3n) is 2.18. The normalized spacial score (nSPS) is 19.1. The highest BCUT2D eigenvalue weighted by Crippen LogP contribution is 2.33. The standard InChI is InChI=1S/C6H10F3NO.C2HF3O2/c7-6(8,9)5-1-3-10(11)4-2-5;3-2(4,5)1(6)7/h5,11H,1-4H2;(H,6,7). The minimum Gasteiger partial charge on any atom is -0.475 e. The molecule has 0 spiro atoms. The number of hydrogen-bond acceptors (Lipinski definition) is 3. The van der Waals surface area contributed by atoms with Gasteiger partial charge in [0.25, 0.3) is 0 Å². The molecule has 2 N–H and O–H groups in total. The van der Waals surface area contributed by atoms with E-state index in [4.69, 9.17) is 15.1 Å². The maximum absolute atomic E-state index is 12.0. The number of piperidine rings is 1. The van der Waals surface area contributed by atoms with Crippen LogP contribution in [0.5, 0.6) is 0 Å². The van der Waals surface area contributed by atoms with Crippen LogP contribution in [-0.4, -0.2) is 46.8 Å². The summed E-state index contributed by atoms with van der Waals surface area (Å²) >= 11 is 0. The molecule has 1 saturated heterocycles. The highest BCUT2D eigenvalue weighted by Gasteiger charge is 2.40. The lowest BCUT2D eigenvalue weighted by Gasteiger charge is -2.28. The fourth-order valence-electron chi connectivity index (χ4n) is 1.19. The van der Waals surface area contributed by atoms with Crippen LogP contribution in [0.2, 0.25) is 0 Å². The SMILES string of the molecule is O=C(O)C(F)(F)F.ON1CCC(C(F)(F)F)CC1. The van der Waals surface area contributed by atoms with E-state index in [0.717, 1.165) is 5.06 Å². The molecule has 0 bridgehead atoms. The van der Waals surface area contributed by atoms with E-state index in [1.165, 1.54) is 0 Å². The lowest BCUT2D eigenvalue weighted by Crippen LogP contribution is -2.37. The van der Waals surface area contributed by atoms with E-state index in [9.17, 15) is 26.3 Å². The molecule has 0 aromatic carbocycles. The second-order valence-electron chi connectivity index (χ2n) is 3.57. The molecule has 0 aromatic rings. The molecule has 1 heterocycles. The summed E-state index contributed by atoms with van der Waals surface area (Å²) in [6, 6.07) is 0. The third-order valence-corrected chi connectivity index (χ3v) is 2.18. The Balaban J connectivity index is 0.000000360. The fourth-order valence-corrected chi connectivity index (χ4v) is 1.19. The van der Waals surface area contributed by atoms with Crippen LogP contribution in [0.4, 0.5) is 26.3 Å². The van der Waals surface area contributed by atoms with Crippen LogP contribution in [0.3, 0.4) is 0 Å². The summed E-state index contributed by atoms with van der Waals surface area (Å²) in [5.41, 5.74) is 0. The number of rotatable bonds is 0. The van der Waals surface area contributed by atoms with Crippen molar-refractivity contribution in [2.75, 3.05) is 13.1 Å². The fraction of sp³-hybridized carbons (Fsp3) is 0.875. The number of aliphatic carboxylic acids is 1. The van der Waals surface area contributed by atoms with E-state index in [-0.39, 0.29) is 25.9 Å². The van der Waals surface area contributed by atoms with Gasteiger partial charge in [0, 0.05) is 13.1 Å². The topological polar surface area (TPSA) is 60.8 Å². The van der Waals surface area contributed by atoms with Crippen LogP contribution in [0.25, 0.3) is 0 Å². The van der Waals surface area contributed by atoms with Crippen molar-refractivity contribution in [3.63, 3.8) is 0 Å². The number of carboxylic acids is 1. The number of carbonyl (C=O) groups is 1. The zero-order valence-electron chi connectivity index (χ0n) is 8.92. The van der Waals surface area contributed by atoms with Gasteiger partial charge in [-0.3, -0.25) is 0 Å². The van der Waals surface area contributed by atoms with Gasteiger partial charge in [0.1, 0.15) is 0 Å². The van der Waals surface area contributed by atoms with E-state index in [1.807, 2.05) is 0 Å². The van der Waals surface area contributed by atoms with Crippen LogP contribution in [-0.2, 0) is 4.79 Å². The van der Waals surface area contributed by atoms with Crippen molar-refractivity contribution >= 4 is 5.97 Å². The summed E-state index contributed by atoms with van der Waals surface area (Å²) in [5, 5.41) is 16.8. The zero-order valence-corrected chi connectivity index (χ0v) is 8.92. The summed E-state index contributed by atoms with van der Waals surface area (Å²) in [7, 11) is 0. The Labute approximate surface area is 97.8 Å². The van der Waals surface area contributed by atoms with Gasteiger partial charge in [-0.05, 0) is 12.8 Å². The first-order valence-electron chi connectivity index (χ1n) is 4.75. The Kier molecular flexibility index (Phi) is 5.87. The second kappa shape index (κ2) is 6.23. The van der Waals surface area contributed by atoms with Crippen molar-refractivity contribution < 1.29 is 41.5 Å².